The number of hydrogen-bond donors (Lipinski definition) is 1. The van der Waals surface area contributed by atoms with Gasteiger partial charge in [-0.1, -0.05) is 12.1 Å². The standard InChI is InChI=1S/C13H13BrN2O3/c1-9(15-8-12-5-6-13(14)19-12)10-3-2-4-11(7-10)16(17)18/h2-7,9,15H,8H2,1H3. The first kappa shape index (κ1) is 13.8. The summed E-state index contributed by atoms with van der Waals surface area (Å²) < 4.78 is 6.06. The molecule has 0 saturated carbocycles. The molecule has 0 bridgehead atoms. The number of non-ortho nitro benzene ring substituents is 1. The smallest absolute Gasteiger partial charge is 0.269 e. The molecule has 19 heavy (non-hydrogen) atoms. The minimum atomic E-state index is -0.389. The van der Waals surface area contributed by atoms with Crippen LogP contribution in [-0.4, -0.2) is 4.92 Å². The van der Waals surface area contributed by atoms with Gasteiger partial charge in [-0.2, -0.15) is 0 Å². The number of rotatable bonds is 5. The highest BCUT2D eigenvalue weighted by molar-refractivity contribution is 9.10. The molecule has 0 amide bonds. The highest BCUT2D eigenvalue weighted by atomic mass is 79.9. The topological polar surface area (TPSA) is 68.3 Å². The summed E-state index contributed by atoms with van der Waals surface area (Å²) in [7, 11) is 0. The largest absolute Gasteiger partial charge is 0.453 e. The van der Waals surface area contributed by atoms with Gasteiger partial charge in [-0.3, -0.25) is 10.1 Å². The van der Waals surface area contributed by atoms with Crippen LogP contribution >= 0.6 is 15.9 Å². The lowest BCUT2D eigenvalue weighted by molar-refractivity contribution is -0.384. The molecule has 0 saturated heterocycles. The van der Waals surface area contributed by atoms with E-state index in [4.69, 9.17) is 4.42 Å². The maximum Gasteiger partial charge on any atom is 0.269 e. The third kappa shape index (κ3) is 3.65. The molecular weight excluding hydrogens is 312 g/mol. The zero-order valence-electron chi connectivity index (χ0n) is 10.3. The maximum absolute atomic E-state index is 10.7. The molecular formula is C13H13BrN2O3. The van der Waals surface area contributed by atoms with Crippen LogP contribution in [0.5, 0.6) is 0 Å². The van der Waals surface area contributed by atoms with E-state index < -0.39 is 0 Å². The van der Waals surface area contributed by atoms with E-state index in [-0.39, 0.29) is 16.7 Å². The van der Waals surface area contributed by atoms with Crippen molar-refractivity contribution >= 4 is 21.6 Å². The van der Waals surface area contributed by atoms with Crippen molar-refractivity contribution in [3.63, 3.8) is 0 Å². The fraction of sp³-hybridized carbons (Fsp3) is 0.231. The summed E-state index contributed by atoms with van der Waals surface area (Å²) in [4.78, 5) is 10.3. The third-order valence-corrected chi connectivity index (χ3v) is 3.22. The number of benzene rings is 1. The van der Waals surface area contributed by atoms with Crippen LogP contribution in [0.4, 0.5) is 5.69 Å². The molecule has 1 unspecified atom stereocenters. The summed E-state index contributed by atoms with van der Waals surface area (Å²) in [6, 6.07) is 10.3. The Morgan fingerprint density at radius 1 is 1.42 bits per heavy atom. The van der Waals surface area contributed by atoms with Crippen molar-refractivity contribution < 1.29 is 9.34 Å². The molecule has 0 aliphatic heterocycles. The molecule has 1 atom stereocenters. The van der Waals surface area contributed by atoms with Gasteiger partial charge in [-0.05, 0) is 40.5 Å². The Kier molecular flexibility index (Phi) is 4.34. The fourth-order valence-corrected chi connectivity index (χ4v) is 2.07. The Morgan fingerprint density at radius 3 is 2.84 bits per heavy atom. The summed E-state index contributed by atoms with van der Waals surface area (Å²) in [6.45, 7) is 2.52. The molecule has 0 fully saturated rings. The van der Waals surface area contributed by atoms with Crippen molar-refractivity contribution in [1.29, 1.82) is 0 Å². The lowest BCUT2D eigenvalue weighted by atomic mass is 10.1. The highest BCUT2D eigenvalue weighted by Crippen LogP contribution is 2.20. The Hall–Kier alpha value is -1.66. The summed E-state index contributed by atoms with van der Waals surface area (Å²) in [5.41, 5.74) is 0.978. The van der Waals surface area contributed by atoms with Crippen molar-refractivity contribution in [2.45, 2.75) is 19.5 Å². The molecule has 2 rings (SSSR count). The van der Waals surface area contributed by atoms with Gasteiger partial charge in [0.1, 0.15) is 5.76 Å². The van der Waals surface area contributed by atoms with Gasteiger partial charge in [0.05, 0.1) is 11.5 Å². The van der Waals surface area contributed by atoms with Gasteiger partial charge >= 0.3 is 0 Å². The van der Waals surface area contributed by atoms with Crippen molar-refractivity contribution in [1.82, 2.24) is 5.32 Å². The molecule has 0 aliphatic carbocycles. The monoisotopic (exact) mass is 324 g/mol. The number of nitrogens with one attached hydrogen (secondary N) is 1. The summed E-state index contributed by atoms with van der Waals surface area (Å²) in [6.07, 6.45) is 0. The lowest BCUT2D eigenvalue weighted by Crippen LogP contribution is -2.17. The molecule has 0 spiro atoms. The van der Waals surface area contributed by atoms with E-state index in [0.29, 0.717) is 11.2 Å². The Labute approximate surface area is 118 Å². The number of hydrogen-bond acceptors (Lipinski definition) is 4. The van der Waals surface area contributed by atoms with Gasteiger partial charge in [-0.15, -0.1) is 0 Å². The van der Waals surface area contributed by atoms with Gasteiger partial charge < -0.3 is 9.73 Å². The average Bonchev–Trinajstić information content (AvgIpc) is 2.82. The summed E-state index contributed by atoms with van der Waals surface area (Å²) >= 11 is 3.24. The normalized spacial score (nSPS) is 12.3. The number of nitro groups is 1. The van der Waals surface area contributed by atoms with Gasteiger partial charge in [-0.25, -0.2) is 0 Å². The van der Waals surface area contributed by atoms with E-state index in [2.05, 4.69) is 21.2 Å². The first-order valence-electron chi connectivity index (χ1n) is 5.78. The van der Waals surface area contributed by atoms with Crippen LogP contribution in [0.3, 0.4) is 0 Å². The van der Waals surface area contributed by atoms with E-state index in [9.17, 15) is 10.1 Å². The van der Waals surface area contributed by atoms with Crippen LogP contribution in [0.2, 0.25) is 0 Å². The van der Waals surface area contributed by atoms with Crippen LogP contribution in [0, 0.1) is 10.1 Å². The van der Waals surface area contributed by atoms with Gasteiger partial charge in [0.25, 0.3) is 5.69 Å². The SMILES string of the molecule is CC(NCc1ccc(Br)o1)c1cccc([N+](=O)[O-])c1. The number of halogens is 1. The number of furan rings is 1. The van der Waals surface area contributed by atoms with Gasteiger partial charge in [0.2, 0.25) is 0 Å². The van der Waals surface area contributed by atoms with Crippen LogP contribution in [0.1, 0.15) is 24.3 Å². The summed E-state index contributed by atoms with van der Waals surface area (Å²) in [5.74, 6) is 0.809. The molecule has 1 N–H and O–H groups in total. The predicted molar refractivity (Wildman–Crippen MR) is 74.8 cm³/mol. The number of nitro benzene ring substituents is 1. The molecule has 1 aromatic carbocycles. The molecule has 6 heteroatoms. The Bertz CT molecular complexity index is 583. The summed E-state index contributed by atoms with van der Waals surface area (Å²) in [5, 5.41) is 14.0. The maximum atomic E-state index is 10.7. The molecule has 1 heterocycles. The molecule has 2 aromatic rings. The average molecular weight is 325 g/mol. The van der Waals surface area contributed by atoms with Gasteiger partial charge in [0.15, 0.2) is 4.67 Å². The van der Waals surface area contributed by atoms with Gasteiger partial charge in [0, 0.05) is 18.2 Å². The second-order valence-electron chi connectivity index (χ2n) is 4.16. The van der Waals surface area contributed by atoms with Crippen molar-refractivity contribution in [3.8, 4) is 0 Å². The molecule has 0 aliphatic rings. The van der Waals surface area contributed by atoms with Crippen LogP contribution in [0.25, 0.3) is 0 Å². The first-order chi connectivity index (χ1) is 9.06. The van der Waals surface area contributed by atoms with E-state index in [0.717, 1.165) is 11.3 Å². The van der Waals surface area contributed by atoms with Crippen molar-refractivity contribution in [2.24, 2.45) is 0 Å². The fourth-order valence-electron chi connectivity index (χ4n) is 1.73. The van der Waals surface area contributed by atoms with Crippen molar-refractivity contribution in [3.05, 3.63) is 62.5 Å². The zero-order chi connectivity index (χ0) is 13.8. The zero-order valence-corrected chi connectivity index (χ0v) is 11.9. The van der Waals surface area contributed by atoms with Crippen LogP contribution < -0.4 is 5.32 Å². The van der Waals surface area contributed by atoms with E-state index >= 15 is 0 Å². The quantitative estimate of drug-likeness (QED) is 0.670. The van der Waals surface area contributed by atoms with Crippen LogP contribution in [0.15, 0.2) is 45.5 Å². The highest BCUT2D eigenvalue weighted by Gasteiger charge is 2.11. The Balaban J connectivity index is 2.01. The van der Waals surface area contributed by atoms with Crippen molar-refractivity contribution in [2.75, 3.05) is 0 Å². The molecule has 0 radical (unpaired) electrons. The van der Waals surface area contributed by atoms with E-state index in [1.165, 1.54) is 6.07 Å². The Morgan fingerprint density at radius 2 is 2.21 bits per heavy atom. The minimum absolute atomic E-state index is 0.00350. The van der Waals surface area contributed by atoms with E-state index in [1.54, 1.807) is 12.1 Å². The molecule has 1 aromatic heterocycles. The minimum Gasteiger partial charge on any atom is -0.453 e. The first-order valence-corrected chi connectivity index (χ1v) is 6.57. The number of nitrogens with zero attached hydrogens (tertiary/aromatic N) is 1. The van der Waals surface area contributed by atoms with Crippen LogP contribution in [-0.2, 0) is 6.54 Å². The van der Waals surface area contributed by atoms with E-state index in [1.807, 2.05) is 25.1 Å². The molecule has 5 nitrogen and oxygen atoms in total. The second kappa shape index (κ2) is 5.99. The second-order valence-corrected chi connectivity index (χ2v) is 4.94. The third-order valence-electron chi connectivity index (χ3n) is 2.79. The predicted octanol–water partition coefficient (Wildman–Crippen LogP) is 3.80. The molecule has 100 valence electrons. The lowest BCUT2D eigenvalue weighted by Gasteiger charge is -2.12.